The molecule has 0 aromatic heterocycles. The molecular weight excluding hydrogens is 216 g/mol. The summed E-state index contributed by atoms with van der Waals surface area (Å²) in [6.45, 7) is 3.71. The molecule has 0 saturated carbocycles. The molecule has 0 bridgehead atoms. The Morgan fingerprint density at radius 3 is 2.73 bits per heavy atom. The summed E-state index contributed by atoms with van der Waals surface area (Å²) in [6.07, 6.45) is 1.38. The predicted molar refractivity (Wildman–Crippen MR) is 59.3 cm³/mol. The molecule has 0 aliphatic carbocycles. The summed E-state index contributed by atoms with van der Waals surface area (Å²) in [4.78, 5) is 0. The van der Waals surface area contributed by atoms with Gasteiger partial charge in [0.05, 0.1) is 17.9 Å². The number of nitrogens with one attached hydrogen (secondary N) is 2. The molecule has 0 spiro atoms. The Labute approximate surface area is 91.6 Å². The van der Waals surface area contributed by atoms with Crippen LogP contribution in [-0.2, 0) is 14.8 Å². The zero-order valence-electron chi connectivity index (χ0n) is 9.38. The molecule has 1 unspecified atom stereocenters. The first-order valence-corrected chi connectivity index (χ1v) is 6.87. The SMILES string of the molecule is CNCCCS(=O)(=O)NC1(C)CCOC1. The van der Waals surface area contributed by atoms with Crippen molar-refractivity contribution < 1.29 is 13.2 Å². The highest BCUT2D eigenvalue weighted by molar-refractivity contribution is 7.89. The summed E-state index contributed by atoms with van der Waals surface area (Å²) in [5, 5.41) is 2.93. The lowest BCUT2D eigenvalue weighted by Gasteiger charge is -2.23. The minimum atomic E-state index is -3.17. The van der Waals surface area contributed by atoms with Gasteiger partial charge in [-0.2, -0.15) is 0 Å². The molecule has 90 valence electrons. The van der Waals surface area contributed by atoms with E-state index in [1.807, 2.05) is 14.0 Å². The second-order valence-electron chi connectivity index (χ2n) is 4.24. The molecule has 0 aromatic carbocycles. The maximum Gasteiger partial charge on any atom is 0.212 e. The first-order chi connectivity index (χ1) is 6.97. The van der Waals surface area contributed by atoms with Gasteiger partial charge in [0, 0.05) is 6.61 Å². The highest BCUT2D eigenvalue weighted by atomic mass is 32.2. The van der Waals surface area contributed by atoms with E-state index in [0.717, 1.165) is 6.42 Å². The summed E-state index contributed by atoms with van der Waals surface area (Å²) in [5.74, 6) is 0.170. The van der Waals surface area contributed by atoms with Crippen molar-refractivity contribution in [2.45, 2.75) is 25.3 Å². The summed E-state index contributed by atoms with van der Waals surface area (Å²) < 4.78 is 31.2. The monoisotopic (exact) mass is 236 g/mol. The number of rotatable bonds is 6. The summed E-state index contributed by atoms with van der Waals surface area (Å²) >= 11 is 0. The molecule has 2 N–H and O–H groups in total. The van der Waals surface area contributed by atoms with E-state index in [4.69, 9.17) is 4.74 Å². The summed E-state index contributed by atoms with van der Waals surface area (Å²) in [7, 11) is -1.35. The fourth-order valence-electron chi connectivity index (χ4n) is 1.61. The van der Waals surface area contributed by atoms with Gasteiger partial charge in [0.15, 0.2) is 0 Å². The van der Waals surface area contributed by atoms with Crippen LogP contribution in [0.5, 0.6) is 0 Å². The van der Waals surface area contributed by atoms with Crippen molar-refractivity contribution in [2.75, 3.05) is 32.6 Å². The fourth-order valence-corrected chi connectivity index (χ4v) is 3.15. The van der Waals surface area contributed by atoms with Gasteiger partial charge < -0.3 is 10.1 Å². The van der Waals surface area contributed by atoms with Crippen molar-refractivity contribution in [3.63, 3.8) is 0 Å². The molecule has 1 heterocycles. The Bertz CT molecular complexity index is 284. The van der Waals surface area contributed by atoms with E-state index in [2.05, 4.69) is 10.0 Å². The molecule has 1 rings (SSSR count). The molecule has 5 nitrogen and oxygen atoms in total. The molecule has 1 aliphatic heterocycles. The summed E-state index contributed by atoms with van der Waals surface area (Å²) in [5.41, 5.74) is -0.404. The van der Waals surface area contributed by atoms with Crippen LogP contribution in [0.15, 0.2) is 0 Å². The van der Waals surface area contributed by atoms with Crippen molar-refractivity contribution >= 4 is 10.0 Å². The Morgan fingerprint density at radius 1 is 1.47 bits per heavy atom. The van der Waals surface area contributed by atoms with Gasteiger partial charge in [-0.25, -0.2) is 13.1 Å². The highest BCUT2D eigenvalue weighted by Crippen LogP contribution is 2.18. The third kappa shape index (κ3) is 4.46. The smallest absolute Gasteiger partial charge is 0.212 e. The lowest BCUT2D eigenvalue weighted by Crippen LogP contribution is -2.47. The number of hydrogen-bond donors (Lipinski definition) is 2. The lowest BCUT2D eigenvalue weighted by molar-refractivity contribution is 0.178. The largest absolute Gasteiger partial charge is 0.379 e. The molecule has 0 radical (unpaired) electrons. The van der Waals surface area contributed by atoms with Crippen LogP contribution in [0.1, 0.15) is 19.8 Å². The van der Waals surface area contributed by atoms with Crippen molar-refractivity contribution in [1.82, 2.24) is 10.0 Å². The third-order valence-electron chi connectivity index (χ3n) is 2.46. The minimum absolute atomic E-state index is 0.170. The van der Waals surface area contributed by atoms with Crippen LogP contribution < -0.4 is 10.0 Å². The zero-order valence-corrected chi connectivity index (χ0v) is 10.2. The standard InChI is InChI=1S/C9H20N2O3S/c1-9(4-6-14-8-9)11-15(12,13)7-3-5-10-2/h10-11H,3-8H2,1-2H3. The van der Waals surface area contributed by atoms with Gasteiger partial charge in [-0.05, 0) is 33.4 Å². The van der Waals surface area contributed by atoms with Crippen LogP contribution in [0.3, 0.4) is 0 Å². The van der Waals surface area contributed by atoms with Gasteiger partial charge in [-0.1, -0.05) is 0 Å². The molecule has 15 heavy (non-hydrogen) atoms. The van der Waals surface area contributed by atoms with E-state index >= 15 is 0 Å². The first-order valence-electron chi connectivity index (χ1n) is 5.21. The van der Waals surface area contributed by atoms with Crippen LogP contribution in [0.25, 0.3) is 0 Å². The van der Waals surface area contributed by atoms with Crippen molar-refractivity contribution in [2.24, 2.45) is 0 Å². The topological polar surface area (TPSA) is 67.4 Å². The average molecular weight is 236 g/mol. The Morgan fingerprint density at radius 2 is 2.20 bits per heavy atom. The zero-order chi connectivity index (χ0) is 11.4. The number of sulfonamides is 1. The van der Waals surface area contributed by atoms with Gasteiger partial charge in [-0.15, -0.1) is 0 Å². The van der Waals surface area contributed by atoms with Crippen LogP contribution in [0.4, 0.5) is 0 Å². The van der Waals surface area contributed by atoms with Gasteiger partial charge in [-0.3, -0.25) is 0 Å². The summed E-state index contributed by atoms with van der Waals surface area (Å²) in [6, 6.07) is 0. The third-order valence-corrected chi connectivity index (χ3v) is 4.09. The van der Waals surface area contributed by atoms with Crippen molar-refractivity contribution in [1.29, 1.82) is 0 Å². The normalized spacial score (nSPS) is 27.1. The van der Waals surface area contributed by atoms with Crippen LogP contribution in [0, 0.1) is 0 Å². The molecule has 6 heteroatoms. The molecule has 1 fully saturated rings. The molecule has 0 aromatic rings. The molecular formula is C9H20N2O3S. The van der Waals surface area contributed by atoms with Crippen molar-refractivity contribution in [3.8, 4) is 0 Å². The van der Waals surface area contributed by atoms with E-state index < -0.39 is 15.6 Å². The second kappa shape index (κ2) is 5.25. The van der Waals surface area contributed by atoms with E-state index in [9.17, 15) is 8.42 Å². The van der Waals surface area contributed by atoms with E-state index in [-0.39, 0.29) is 5.75 Å². The highest BCUT2D eigenvalue weighted by Gasteiger charge is 2.33. The second-order valence-corrected chi connectivity index (χ2v) is 6.08. The predicted octanol–water partition coefficient (Wildman–Crippen LogP) is -0.306. The first kappa shape index (κ1) is 12.9. The van der Waals surface area contributed by atoms with E-state index in [1.165, 1.54) is 0 Å². The van der Waals surface area contributed by atoms with E-state index in [0.29, 0.717) is 26.2 Å². The number of hydrogen-bond acceptors (Lipinski definition) is 4. The Kier molecular flexibility index (Phi) is 4.51. The van der Waals surface area contributed by atoms with Gasteiger partial charge in [0.2, 0.25) is 10.0 Å². The van der Waals surface area contributed by atoms with Gasteiger partial charge >= 0.3 is 0 Å². The van der Waals surface area contributed by atoms with Crippen molar-refractivity contribution in [3.05, 3.63) is 0 Å². The molecule has 1 aliphatic rings. The Hall–Kier alpha value is -0.170. The van der Waals surface area contributed by atoms with Crippen LogP contribution in [-0.4, -0.2) is 46.5 Å². The van der Waals surface area contributed by atoms with Gasteiger partial charge in [0.1, 0.15) is 0 Å². The molecule has 1 atom stereocenters. The minimum Gasteiger partial charge on any atom is -0.379 e. The number of ether oxygens (including phenoxy) is 1. The van der Waals surface area contributed by atoms with E-state index in [1.54, 1.807) is 0 Å². The maximum atomic E-state index is 11.7. The maximum absolute atomic E-state index is 11.7. The fraction of sp³-hybridized carbons (Fsp3) is 1.00. The molecule has 1 saturated heterocycles. The van der Waals surface area contributed by atoms with Crippen LogP contribution >= 0.6 is 0 Å². The Balaban J connectivity index is 2.41. The average Bonchev–Trinajstić information content (AvgIpc) is 2.50. The quantitative estimate of drug-likeness (QED) is 0.621. The lowest BCUT2D eigenvalue weighted by atomic mass is 10.0. The van der Waals surface area contributed by atoms with Crippen LogP contribution in [0.2, 0.25) is 0 Å². The van der Waals surface area contributed by atoms with Gasteiger partial charge in [0.25, 0.3) is 0 Å². The molecule has 0 amide bonds.